The Morgan fingerprint density at radius 3 is 2.81 bits per heavy atom. The molecule has 1 saturated heterocycles. The van der Waals surface area contributed by atoms with Gasteiger partial charge in [-0.15, -0.1) is 11.3 Å². The zero-order valence-corrected chi connectivity index (χ0v) is 14.3. The van der Waals surface area contributed by atoms with Crippen LogP contribution < -0.4 is 10.6 Å². The number of guanidine groups is 1. The highest BCUT2D eigenvalue weighted by Gasteiger charge is 2.29. The van der Waals surface area contributed by atoms with Gasteiger partial charge in [-0.25, -0.2) is 9.98 Å². The van der Waals surface area contributed by atoms with Crippen LogP contribution >= 0.6 is 11.3 Å². The molecule has 118 valence electrons. The molecule has 1 aromatic heterocycles. The maximum atomic E-state index is 5.80. The first-order valence-electron chi connectivity index (χ1n) is 7.61. The number of hydrogen-bond acceptors (Lipinski definition) is 4. The molecule has 2 heterocycles. The van der Waals surface area contributed by atoms with E-state index in [1.165, 1.54) is 4.88 Å². The maximum Gasteiger partial charge on any atom is 0.191 e. The van der Waals surface area contributed by atoms with Crippen molar-refractivity contribution in [3.63, 3.8) is 0 Å². The number of aryl methyl sites for hydroxylation is 2. The van der Waals surface area contributed by atoms with E-state index in [4.69, 9.17) is 4.74 Å². The molecule has 21 heavy (non-hydrogen) atoms. The summed E-state index contributed by atoms with van der Waals surface area (Å²) in [6, 6.07) is 0. The van der Waals surface area contributed by atoms with Crippen LogP contribution in [-0.2, 0) is 11.3 Å². The summed E-state index contributed by atoms with van der Waals surface area (Å²) in [5, 5.41) is 7.72. The first-order chi connectivity index (χ1) is 10.0. The topological polar surface area (TPSA) is 58.5 Å². The average Bonchev–Trinajstić information content (AvgIpc) is 3.01. The molecule has 6 heteroatoms. The highest BCUT2D eigenvalue weighted by Crippen LogP contribution is 2.23. The lowest BCUT2D eigenvalue weighted by molar-refractivity contribution is 0.0243. The van der Waals surface area contributed by atoms with E-state index >= 15 is 0 Å². The predicted octanol–water partition coefficient (Wildman–Crippen LogP) is 2.38. The molecule has 0 amide bonds. The number of nitrogens with zero attached hydrogens (tertiary/aromatic N) is 2. The molecule has 1 unspecified atom stereocenters. The molecule has 1 atom stereocenters. The molecule has 5 nitrogen and oxygen atoms in total. The molecule has 2 rings (SSSR count). The number of aliphatic imine (C=N–C) groups is 1. The Morgan fingerprint density at radius 1 is 1.43 bits per heavy atom. The van der Waals surface area contributed by atoms with Gasteiger partial charge in [0.1, 0.15) is 5.01 Å². The third-order valence-corrected chi connectivity index (χ3v) is 4.78. The van der Waals surface area contributed by atoms with Gasteiger partial charge in [0.15, 0.2) is 5.96 Å². The molecule has 0 spiro atoms. The Bertz CT molecular complexity index is 472. The van der Waals surface area contributed by atoms with Crippen LogP contribution in [0.2, 0.25) is 0 Å². The van der Waals surface area contributed by atoms with Crippen molar-refractivity contribution < 1.29 is 4.74 Å². The smallest absolute Gasteiger partial charge is 0.191 e. The van der Waals surface area contributed by atoms with E-state index in [0.717, 1.165) is 49.2 Å². The molecular formula is C15H26N4OS. The van der Waals surface area contributed by atoms with Gasteiger partial charge in [-0.2, -0.15) is 0 Å². The molecule has 0 radical (unpaired) electrons. The van der Waals surface area contributed by atoms with Gasteiger partial charge in [0.05, 0.1) is 17.8 Å². The lowest BCUT2D eigenvalue weighted by Crippen LogP contribution is -2.45. The standard InChI is InChI=1S/C15H26N4OS/c1-5-16-14(18-10-15(4)7-6-8-20-15)17-9-13-19-11(2)12(3)21-13/h5-10H2,1-4H3,(H2,16,17,18). The summed E-state index contributed by atoms with van der Waals surface area (Å²) >= 11 is 1.72. The number of aromatic nitrogens is 1. The largest absolute Gasteiger partial charge is 0.373 e. The Balaban J connectivity index is 1.92. The normalized spacial score (nSPS) is 22.6. The lowest BCUT2D eigenvalue weighted by Gasteiger charge is -2.24. The van der Waals surface area contributed by atoms with Crippen molar-refractivity contribution in [2.45, 2.75) is 52.7 Å². The molecule has 1 aliphatic rings. The Morgan fingerprint density at radius 2 is 2.24 bits per heavy atom. The number of ether oxygens (including phenoxy) is 1. The first kappa shape index (κ1) is 16.2. The summed E-state index contributed by atoms with van der Waals surface area (Å²) in [7, 11) is 0. The summed E-state index contributed by atoms with van der Waals surface area (Å²) in [4.78, 5) is 10.4. The molecule has 0 aromatic carbocycles. The summed E-state index contributed by atoms with van der Waals surface area (Å²) < 4.78 is 5.80. The van der Waals surface area contributed by atoms with E-state index in [1.54, 1.807) is 11.3 Å². The van der Waals surface area contributed by atoms with Gasteiger partial charge in [0.2, 0.25) is 0 Å². The summed E-state index contributed by atoms with van der Waals surface area (Å²) in [5.41, 5.74) is 1.04. The highest BCUT2D eigenvalue weighted by atomic mass is 32.1. The minimum absolute atomic E-state index is 0.0649. The van der Waals surface area contributed by atoms with Crippen molar-refractivity contribution in [1.82, 2.24) is 15.6 Å². The van der Waals surface area contributed by atoms with Crippen molar-refractivity contribution >= 4 is 17.3 Å². The lowest BCUT2D eigenvalue weighted by atomic mass is 10.0. The first-order valence-corrected chi connectivity index (χ1v) is 8.43. The zero-order chi connectivity index (χ0) is 15.3. The number of thiazole rings is 1. The van der Waals surface area contributed by atoms with Crippen molar-refractivity contribution in [1.29, 1.82) is 0 Å². The highest BCUT2D eigenvalue weighted by molar-refractivity contribution is 7.11. The molecule has 2 N–H and O–H groups in total. The van der Waals surface area contributed by atoms with E-state index in [1.807, 2.05) is 6.92 Å². The van der Waals surface area contributed by atoms with Crippen LogP contribution in [0.15, 0.2) is 4.99 Å². The van der Waals surface area contributed by atoms with Crippen LogP contribution in [0.5, 0.6) is 0 Å². The van der Waals surface area contributed by atoms with Crippen molar-refractivity contribution in [2.75, 3.05) is 19.7 Å². The van der Waals surface area contributed by atoms with Gasteiger partial charge in [0.25, 0.3) is 0 Å². The molecule has 1 aliphatic heterocycles. The minimum atomic E-state index is -0.0649. The van der Waals surface area contributed by atoms with E-state index in [2.05, 4.69) is 41.4 Å². The minimum Gasteiger partial charge on any atom is -0.373 e. The molecule has 1 aromatic rings. The summed E-state index contributed by atoms with van der Waals surface area (Å²) in [6.45, 7) is 11.5. The zero-order valence-electron chi connectivity index (χ0n) is 13.5. The maximum absolute atomic E-state index is 5.80. The molecule has 1 fully saturated rings. The summed E-state index contributed by atoms with van der Waals surface area (Å²) in [6.07, 6.45) is 2.24. The molecule has 0 bridgehead atoms. The monoisotopic (exact) mass is 310 g/mol. The van der Waals surface area contributed by atoms with Crippen molar-refractivity contribution in [2.24, 2.45) is 4.99 Å². The fraction of sp³-hybridized carbons (Fsp3) is 0.733. The second kappa shape index (κ2) is 7.22. The average molecular weight is 310 g/mol. The van der Waals surface area contributed by atoms with E-state index < -0.39 is 0 Å². The van der Waals surface area contributed by atoms with Gasteiger partial charge in [-0.05, 0) is 40.5 Å². The molecular weight excluding hydrogens is 284 g/mol. The van der Waals surface area contributed by atoms with E-state index in [-0.39, 0.29) is 5.60 Å². The van der Waals surface area contributed by atoms with Gasteiger partial charge in [-0.3, -0.25) is 0 Å². The number of nitrogens with one attached hydrogen (secondary N) is 2. The molecule has 0 saturated carbocycles. The van der Waals surface area contributed by atoms with Gasteiger partial charge >= 0.3 is 0 Å². The van der Waals surface area contributed by atoms with Crippen LogP contribution in [-0.4, -0.2) is 36.2 Å². The third-order valence-electron chi connectivity index (χ3n) is 3.72. The quantitative estimate of drug-likeness (QED) is 0.647. The predicted molar refractivity (Wildman–Crippen MR) is 88.0 cm³/mol. The third kappa shape index (κ3) is 4.68. The number of hydrogen-bond donors (Lipinski definition) is 2. The Labute approximate surface area is 131 Å². The van der Waals surface area contributed by atoms with Gasteiger partial charge in [0, 0.05) is 24.6 Å². The van der Waals surface area contributed by atoms with E-state index in [0.29, 0.717) is 6.54 Å². The van der Waals surface area contributed by atoms with Crippen LogP contribution in [0.3, 0.4) is 0 Å². The SMILES string of the molecule is CCNC(=NCc1nc(C)c(C)s1)NCC1(C)CCCO1. The van der Waals surface area contributed by atoms with Gasteiger partial charge in [-0.1, -0.05) is 0 Å². The second-order valence-electron chi connectivity index (χ2n) is 5.70. The van der Waals surface area contributed by atoms with Crippen LogP contribution in [0.4, 0.5) is 0 Å². The van der Waals surface area contributed by atoms with Crippen molar-refractivity contribution in [3.05, 3.63) is 15.6 Å². The number of rotatable bonds is 5. The second-order valence-corrected chi connectivity index (χ2v) is 6.99. The fourth-order valence-corrected chi connectivity index (χ4v) is 3.20. The van der Waals surface area contributed by atoms with Crippen LogP contribution in [0.25, 0.3) is 0 Å². The van der Waals surface area contributed by atoms with Crippen LogP contribution in [0, 0.1) is 13.8 Å². The Hall–Kier alpha value is -1.14. The van der Waals surface area contributed by atoms with Gasteiger partial charge < -0.3 is 15.4 Å². The Kier molecular flexibility index (Phi) is 5.58. The van der Waals surface area contributed by atoms with Crippen molar-refractivity contribution in [3.8, 4) is 0 Å². The molecule has 0 aliphatic carbocycles. The van der Waals surface area contributed by atoms with Crippen LogP contribution in [0.1, 0.15) is 42.3 Å². The van der Waals surface area contributed by atoms with E-state index in [9.17, 15) is 0 Å². The fourth-order valence-electron chi connectivity index (χ4n) is 2.34. The summed E-state index contributed by atoms with van der Waals surface area (Å²) in [5.74, 6) is 0.833.